The highest BCUT2D eigenvalue weighted by atomic mass is 16.6. The van der Waals surface area contributed by atoms with Crippen molar-refractivity contribution >= 4 is 11.9 Å². The second kappa shape index (κ2) is 7.30. The van der Waals surface area contributed by atoms with Crippen LogP contribution in [-0.2, 0) is 16.1 Å². The lowest BCUT2D eigenvalue weighted by atomic mass is 9.93. The lowest BCUT2D eigenvalue weighted by Crippen LogP contribution is -2.31. The molecule has 0 saturated heterocycles. The van der Waals surface area contributed by atoms with Gasteiger partial charge < -0.3 is 15.2 Å². The number of terminal acetylenes is 1. The third-order valence-electron chi connectivity index (χ3n) is 3.33. The molecule has 5 heteroatoms. The number of carbonyl (C=O) groups is 2. The fraction of sp³-hybridized carbons (Fsp3) is 0.444. The van der Waals surface area contributed by atoms with E-state index in [0.29, 0.717) is 23.2 Å². The maximum Gasteiger partial charge on any atom is 0.336 e. The summed E-state index contributed by atoms with van der Waals surface area (Å²) in [5, 5.41) is 12.3. The van der Waals surface area contributed by atoms with Crippen LogP contribution >= 0.6 is 0 Å². The van der Waals surface area contributed by atoms with Gasteiger partial charge in [-0.1, -0.05) is 5.92 Å². The van der Waals surface area contributed by atoms with Gasteiger partial charge in [0.15, 0.2) is 0 Å². The van der Waals surface area contributed by atoms with Crippen LogP contribution in [0.4, 0.5) is 0 Å². The minimum absolute atomic E-state index is 0.0401. The first kappa shape index (κ1) is 18.7. The van der Waals surface area contributed by atoms with Crippen LogP contribution in [0.25, 0.3) is 0 Å². The molecule has 0 aliphatic rings. The second-order valence-electron chi connectivity index (χ2n) is 6.35. The average molecular weight is 317 g/mol. The molecule has 0 aliphatic heterocycles. The Bertz CT molecular complexity index is 663. The SMILES string of the molecule is C#Cc1cc(CNCC(=O)OC(C)(C)C)c(C)c(C(=O)O)c1C. The van der Waals surface area contributed by atoms with E-state index in [0.717, 1.165) is 5.56 Å². The Morgan fingerprint density at radius 3 is 2.39 bits per heavy atom. The Kier molecular flexibility index (Phi) is 5.94. The molecule has 1 rings (SSSR count). The van der Waals surface area contributed by atoms with Crippen LogP contribution in [0.2, 0.25) is 0 Å². The summed E-state index contributed by atoms with van der Waals surface area (Å²) in [7, 11) is 0. The molecule has 0 aromatic heterocycles. The zero-order chi connectivity index (χ0) is 17.8. The molecule has 1 aromatic rings. The van der Waals surface area contributed by atoms with E-state index < -0.39 is 11.6 Å². The molecule has 0 atom stereocenters. The van der Waals surface area contributed by atoms with Gasteiger partial charge in [0.1, 0.15) is 5.60 Å². The van der Waals surface area contributed by atoms with Crippen molar-refractivity contribution < 1.29 is 19.4 Å². The van der Waals surface area contributed by atoms with Crippen molar-refractivity contribution in [3.05, 3.63) is 33.9 Å². The summed E-state index contributed by atoms with van der Waals surface area (Å²) >= 11 is 0. The standard InChI is InChI=1S/C18H23NO4/c1-7-13-8-14(12(3)16(11(13)2)17(21)22)9-19-10-15(20)23-18(4,5)6/h1,8,19H,9-10H2,2-6H3,(H,21,22). The van der Waals surface area contributed by atoms with E-state index in [2.05, 4.69) is 11.2 Å². The monoisotopic (exact) mass is 317 g/mol. The van der Waals surface area contributed by atoms with Crippen LogP contribution in [0.1, 0.15) is 53.4 Å². The Morgan fingerprint density at radius 1 is 1.30 bits per heavy atom. The van der Waals surface area contributed by atoms with Crippen LogP contribution in [0.3, 0.4) is 0 Å². The van der Waals surface area contributed by atoms with Crippen LogP contribution < -0.4 is 5.32 Å². The minimum atomic E-state index is -1.01. The van der Waals surface area contributed by atoms with E-state index in [4.69, 9.17) is 11.2 Å². The smallest absolute Gasteiger partial charge is 0.336 e. The Morgan fingerprint density at radius 2 is 1.91 bits per heavy atom. The van der Waals surface area contributed by atoms with Crippen molar-refractivity contribution in [1.82, 2.24) is 5.32 Å². The summed E-state index contributed by atoms with van der Waals surface area (Å²) in [6.07, 6.45) is 5.45. The number of carbonyl (C=O) groups excluding carboxylic acids is 1. The van der Waals surface area contributed by atoms with Gasteiger partial charge in [-0.15, -0.1) is 6.42 Å². The fourth-order valence-corrected chi connectivity index (χ4v) is 2.30. The normalized spacial score (nSPS) is 11.0. The number of carboxylic acid groups (broad SMARTS) is 1. The van der Waals surface area contributed by atoms with Crippen molar-refractivity contribution in [3.63, 3.8) is 0 Å². The molecule has 0 unspecified atom stereocenters. The Labute approximate surface area is 137 Å². The summed E-state index contributed by atoms with van der Waals surface area (Å²) in [5.74, 6) is 1.13. The molecule has 0 amide bonds. The summed E-state index contributed by atoms with van der Waals surface area (Å²) in [5.41, 5.74) is 2.20. The maximum absolute atomic E-state index is 11.7. The second-order valence-corrected chi connectivity index (χ2v) is 6.35. The molecular formula is C18H23NO4. The van der Waals surface area contributed by atoms with Crippen molar-refractivity contribution in [3.8, 4) is 12.3 Å². The number of aromatic carboxylic acids is 1. The fourth-order valence-electron chi connectivity index (χ4n) is 2.30. The van der Waals surface area contributed by atoms with E-state index in [1.165, 1.54) is 0 Å². The van der Waals surface area contributed by atoms with Gasteiger partial charge in [0.2, 0.25) is 0 Å². The van der Waals surface area contributed by atoms with E-state index >= 15 is 0 Å². The van der Waals surface area contributed by atoms with Crippen molar-refractivity contribution in [2.75, 3.05) is 6.54 Å². The van der Waals surface area contributed by atoms with E-state index in [-0.39, 0.29) is 18.1 Å². The first-order chi connectivity index (χ1) is 10.6. The molecular weight excluding hydrogens is 294 g/mol. The number of ether oxygens (including phenoxy) is 1. The Hall–Kier alpha value is -2.32. The Balaban J connectivity index is 2.90. The lowest BCUT2D eigenvalue weighted by molar-refractivity contribution is -0.153. The first-order valence-corrected chi connectivity index (χ1v) is 7.32. The molecule has 23 heavy (non-hydrogen) atoms. The van der Waals surface area contributed by atoms with Crippen LogP contribution in [0, 0.1) is 26.2 Å². The number of benzene rings is 1. The molecule has 0 radical (unpaired) electrons. The van der Waals surface area contributed by atoms with Crippen molar-refractivity contribution in [2.45, 2.75) is 46.8 Å². The van der Waals surface area contributed by atoms with E-state index in [9.17, 15) is 14.7 Å². The highest BCUT2D eigenvalue weighted by Crippen LogP contribution is 2.22. The maximum atomic E-state index is 11.7. The van der Waals surface area contributed by atoms with Gasteiger partial charge in [-0.2, -0.15) is 0 Å². The minimum Gasteiger partial charge on any atom is -0.478 e. The van der Waals surface area contributed by atoms with Gasteiger partial charge >= 0.3 is 11.9 Å². The zero-order valence-electron chi connectivity index (χ0n) is 14.2. The number of rotatable bonds is 5. The predicted molar refractivity (Wildman–Crippen MR) is 88.4 cm³/mol. The lowest BCUT2D eigenvalue weighted by Gasteiger charge is -2.20. The van der Waals surface area contributed by atoms with Gasteiger partial charge in [0, 0.05) is 12.1 Å². The molecule has 0 heterocycles. The van der Waals surface area contributed by atoms with Gasteiger partial charge in [0.05, 0.1) is 12.1 Å². The highest BCUT2D eigenvalue weighted by Gasteiger charge is 2.18. The van der Waals surface area contributed by atoms with Gasteiger partial charge in [0.25, 0.3) is 0 Å². The number of hydrogen-bond acceptors (Lipinski definition) is 4. The third-order valence-corrected chi connectivity index (χ3v) is 3.33. The average Bonchev–Trinajstić information content (AvgIpc) is 2.39. The molecule has 2 N–H and O–H groups in total. The van der Waals surface area contributed by atoms with Crippen LogP contribution in [-0.4, -0.2) is 29.2 Å². The van der Waals surface area contributed by atoms with Crippen molar-refractivity contribution in [2.24, 2.45) is 0 Å². The molecule has 0 bridgehead atoms. The van der Waals surface area contributed by atoms with Gasteiger partial charge in [-0.25, -0.2) is 4.79 Å². The molecule has 5 nitrogen and oxygen atoms in total. The number of esters is 1. The molecule has 0 aliphatic carbocycles. The zero-order valence-corrected chi connectivity index (χ0v) is 14.2. The van der Waals surface area contributed by atoms with Crippen LogP contribution in [0.5, 0.6) is 0 Å². The number of hydrogen-bond donors (Lipinski definition) is 2. The van der Waals surface area contributed by atoms with Crippen molar-refractivity contribution in [1.29, 1.82) is 0 Å². The van der Waals surface area contributed by atoms with E-state index in [1.807, 2.05) is 0 Å². The predicted octanol–water partition coefficient (Wildman–Crippen LogP) is 2.41. The molecule has 0 saturated carbocycles. The van der Waals surface area contributed by atoms with Gasteiger partial charge in [-0.05, 0) is 57.4 Å². The molecule has 0 fully saturated rings. The third kappa shape index (κ3) is 5.11. The summed E-state index contributed by atoms with van der Waals surface area (Å²) in [4.78, 5) is 23.1. The van der Waals surface area contributed by atoms with Gasteiger partial charge in [-0.3, -0.25) is 4.79 Å². The van der Waals surface area contributed by atoms with Crippen LogP contribution in [0.15, 0.2) is 6.07 Å². The molecule has 1 aromatic carbocycles. The molecule has 0 spiro atoms. The summed E-state index contributed by atoms with van der Waals surface area (Å²) in [6.45, 7) is 9.21. The highest BCUT2D eigenvalue weighted by molar-refractivity contribution is 5.92. The molecule has 124 valence electrons. The largest absolute Gasteiger partial charge is 0.478 e. The quantitative estimate of drug-likeness (QED) is 0.644. The van der Waals surface area contributed by atoms with E-state index in [1.54, 1.807) is 40.7 Å². The number of nitrogens with one attached hydrogen (secondary N) is 1. The topological polar surface area (TPSA) is 75.6 Å². The summed E-state index contributed by atoms with van der Waals surface area (Å²) < 4.78 is 5.20. The first-order valence-electron chi connectivity index (χ1n) is 7.32. The number of carboxylic acids is 1. The summed E-state index contributed by atoms with van der Waals surface area (Å²) in [6, 6.07) is 1.78.